The van der Waals surface area contributed by atoms with Gasteiger partial charge >= 0.3 is 11.9 Å². The third kappa shape index (κ3) is 3.72. The number of carbonyl (C=O) groups excluding carboxylic acids is 2. The zero-order valence-corrected chi connectivity index (χ0v) is 12.4. The van der Waals surface area contributed by atoms with E-state index in [4.69, 9.17) is 9.47 Å². The topological polar surface area (TPSA) is 52.6 Å². The zero-order chi connectivity index (χ0) is 15.2. The minimum Gasteiger partial charge on any atom is -0.466 e. The molecule has 1 aliphatic heterocycles. The van der Waals surface area contributed by atoms with Crippen molar-refractivity contribution in [2.45, 2.75) is 39.2 Å². The normalized spacial score (nSPS) is 17.8. The molecule has 2 rings (SSSR count). The lowest BCUT2D eigenvalue weighted by molar-refractivity contribution is -0.148. The Morgan fingerprint density at radius 1 is 1.29 bits per heavy atom. The van der Waals surface area contributed by atoms with Crippen LogP contribution in [0.15, 0.2) is 35.9 Å². The molecule has 1 aliphatic rings. The van der Waals surface area contributed by atoms with E-state index in [0.717, 1.165) is 24.0 Å². The summed E-state index contributed by atoms with van der Waals surface area (Å²) in [5.74, 6) is -0.690. The third-order valence-electron chi connectivity index (χ3n) is 3.48. The van der Waals surface area contributed by atoms with E-state index in [1.165, 1.54) is 0 Å². The van der Waals surface area contributed by atoms with Crippen LogP contribution in [0.1, 0.15) is 38.7 Å². The summed E-state index contributed by atoms with van der Waals surface area (Å²) in [4.78, 5) is 23.6. The summed E-state index contributed by atoms with van der Waals surface area (Å²) < 4.78 is 10.4. The highest BCUT2D eigenvalue weighted by Crippen LogP contribution is 2.33. The minimum absolute atomic E-state index is 0.0665. The van der Waals surface area contributed by atoms with Gasteiger partial charge in [0.15, 0.2) is 0 Å². The molecule has 0 spiro atoms. The zero-order valence-electron chi connectivity index (χ0n) is 12.4. The molecule has 0 aliphatic carbocycles. The van der Waals surface area contributed by atoms with Crippen molar-refractivity contribution in [2.75, 3.05) is 6.61 Å². The largest absolute Gasteiger partial charge is 0.466 e. The maximum atomic E-state index is 11.8. The molecular weight excluding hydrogens is 268 g/mol. The van der Waals surface area contributed by atoms with Gasteiger partial charge in [0.1, 0.15) is 6.10 Å². The molecule has 0 aromatic heterocycles. The van der Waals surface area contributed by atoms with Gasteiger partial charge in [0.05, 0.1) is 13.0 Å². The van der Waals surface area contributed by atoms with E-state index in [9.17, 15) is 9.59 Å². The Hall–Kier alpha value is -2.10. The van der Waals surface area contributed by atoms with Crippen molar-refractivity contribution in [3.8, 4) is 0 Å². The van der Waals surface area contributed by atoms with Crippen LogP contribution in [-0.2, 0) is 19.1 Å². The summed E-state index contributed by atoms with van der Waals surface area (Å²) in [6.45, 7) is 4.18. The summed E-state index contributed by atoms with van der Waals surface area (Å²) in [6, 6.07) is 9.53. The molecule has 112 valence electrons. The minimum atomic E-state index is -0.547. The third-order valence-corrected chi connectivity index (χ3v) is 3.48. The number of unbranched alkanes of at least 4 members (excludes halogenated alkanes) is 1. The maximum Gasteiger partial charge on any atom is 0.334 e. The quantitative estimate of drug-likeness (QED) is 0.596. The standard InChI is InChI=1S/C17H20O4/c1-3-4-10-20-15(18)11-14-16(12(2)17(19)21-14)13-8-6-5-7-9-13/h5-9,14H,3-4,10-11H2,1-2H3. The van der Waals surface area contributed by atoms with Crippen LogP contribution in [0.4, 0.5) is 0 Å². The van der Waals surface area contributed by atoms with Gasteiger partial charge in [0.25, 0.3) is 0 Å². The fraction of sp³-hybridized carbons (Fsp3) is 0.412. The lowest BCUT2D eigenvalue weighted by Gasteiger charge is -2.14. The van der Waals surface area contributed by atoms with Crippen LogP contribution in [0, 0.1) is 0 Å². The van der Waals surface area contributed by atoms with Gasteiger partial charge in [-0.25, -0.2) is 4.79 Å². The number of hydrogen-bond acceptors (Lipinski definition) is 4. The molecule has 0 amide bonds. The molecule has 0 saturated heterocycles. The summed E-state index contributed by atoms with van der Waals surface area (Å²) in [6.07, 6.45) is 1.34. The number of rotatable bonds is 6. The van der Waals surface area contributed by atoms with Crippen LogP contribution in [0.3, 0.4) is 0 Å². The highest BCUT2D eigenvalue weighted by molar-refractivity contribution is 6.03. The summed E-state index contributed by atoms with van der Waals surface area (Å²) >= 11 is 0. The van der Waals surface area contributed by atoms with Gasteiger partial charge in [-0.05, 0) is 18.9 Å². The molecule has 0 saturated carbocycles. The molecule has 0 N–H and O–H groups in total. The SMILES string of the molecule is CCCCOC(=O)CC1OC(=O)C(C)=C1c1ccccc1. The van der Waals surface area contributed by atoms with E-state index in [1.54, 1.807) is 6.92 Å². The number of esters is 2. The van der Waals surface area contributed by atoms with Crippen LogP contribution in [0.2, 0.25) is 0 Å². The van der Waals surface area contributed by atoms with Gasteiger partial charge in [0, 0.05) is 11.1 Å². The first-order valence-corrected chi connectivity index (χ1v) is 7.26. The van der Waals surface area contributed by atoms with Crippen LogP contribution in [-0.4, -0.2) is 24.6 Å². The summed E-state index contributed by atoms with van der Waals surface area (Å²) in [7, 11) is 0. The molecule has 1 unspecified atom stereocenters. The Morgan fingerprint density at radius 2 is 2.00 bits per heavy atom. The molecular formula is C17H20O4. The molecule has 4 nitrogen and oxygen atoms in total. The number of carbonyl (C=O) groups is 2. The van der Waals surface area contributed by atoms with Crippen LogP contribution < -0.4 is 0 Å². The van der Waals surface area contributed by atoms with Crippen LogP contribution in [0.25, 0.3) is 5.57 Å². The van der Waals surface area contributed by atoms with Gasteiger partial charge < -0.3 is 9.47 Å². The van der Waals surface area contributed by atoms with Gasteiger partial charge in [-0.2, -0.15) is 0 Å². The fourth-order valence-electron chi connectivity index (χ4n) is 2.33. The lowest BCUT2D eigenvalue weighted by Crippen LogP contribution is -2.18. The number of hydrogen-bond donors (Lipinski definition) is 0. The number of cyclic esters (lactones) is 1. The van der Waals surface area contributed by atoms with Crippen molar-refractivity contribution >= 4 is 17.5 Å². The Labute approximate surface area is 124 Å². The van der Waals surface area contributed by atoms with E-state index < -0.39 is 6.10 Å². The molecule has 1 aromatic rings. The Morgan fingerprint density at radius 3 is 2.67 bits per heavy atom. The highest BCUT2D eigenvalue weighted by Gasteiger charge is 2.34. The molecule has 0 bridgehead atoms. The van der Waals surface area contributed by atoms with Crippen molar-refractivity contribution in [2.24, 2.45) is 0 Å². The van der Waals surface area contributed by atoms with Crippen molar-refractivity contribution in [3.63, 3.8) is 0 Å². The van der Waals surface area contributed by atoms with E-state index >= 15 is 0 Å². The fourth-order valence-corrected chi connectivity index (χ4v) is 2.33. The molecule has 0 radical (unpaired) electrons. The number of ether oxygens (including phenoxy) is 2. The Kier molecular flexibility index (Phi) is 5.14. The number of benzene rings is 1. The van der Waals surface area contributed by atoms with E-state index in [2.05, 4.69) is 0 Å². The first-order chi connectivity index (χ1) is 10.1. The lowest BCUT2D eigenvalue weighted by atomic mass is 9.96. The van der Waals surface area contributed by atoms with Gasteiger partial charge in [-0.15, -0.1) is 0 Å². The van der Waals surface area contributed by atoms with Gasteiger partial charge in [-0.1, -0.05) is 43.7 Å². The van der Waals surface area contributed by atoms with Crippen molar-refractivity contribution < 1.29 is 19.1 Å². The predicted octanol–water partition coefficient (Wildman–Crippen LogP) is 3.12. The smallest absolute Gasteiger partial charge is 0.334 e. The van der Waals surface area contributed by atoms with Crippen LogP contribution >= 0.6 is 0 Å². The van der Waals surface area contributed by atoms with Gasteiger partial charge in [-0.3, -0.25) is 4.79 Å². The summed E-state index contributed by atoms with van der Waals surface area (Å²) in [5, 5.41) is 0. The van der Waals surface area contributed by atoms with E-state index in [-0.39, 0.29) is 18.4 Å². The first-order valence-electron chi connectivity index (χ1n) is 7.26. The van der Waals surface area contributed by atoms with Crippen molar-refractivity contribution in [1.29, 1.82) is 0 Å². The van der Waals surface area contributed by atoms with Crippen molar-refractivity contribution in [3.05, 3.63) is 41.5 Å². The molecule has 21 heavy (non-hydrogen) atoms. The second-order valence-corrected chi connectivity index (χ2v) is 5.08. The molecule has 4 heteroatoms. The second-order valence-electron chi connectivity index (χ2n) is 5.08. The first kappa shape index (κ1) is 15.3. The second kappa shape index (κ2) is 7.07. The van der Waals surface area contributed by atoms with Crippen LogP contribution in [0.5, 0.6) is 0 Å². The summed E-state index contributed by atoms with van der Waals surface area (Å²) in [5.41, 5.74) is 2.26. The Balaban J connectivity index is 2.09. The monoisotopic (exact) mass is 288 g/mol. The average molecular weight is 288 g/mol. The predicted molar refractivity (Wildman–Crippen MR) is 79.4 cm³/mol. The van der Waals surface area contributed by atoms with Crippen molar-refractivity contribution in [1.82, 2.24) is 0 Å². The maximum absolute atomic E-state index is 11.8. The van der Waals surface area contributed by atoms with Gasteiger partial charge in [0.2, 0.25) is 0 Å². The molecule has 1 aromatic carbocycles. The molecule has 1 heterocycles. The molecule has 0 fully saturated rings. The van der Waals surface area contributed by atoms with E-state index in [0.29, 0.717) is 12.2 Å². The molecule has 1 atom stereocenters. The average Bonchev–Trinajstić information content (AvgIpc) is 2.75. The van der Waals surface area contributed by atoms with E-state index in [1.807, 2.05) is 37.3 Å². The Bertz CT molecular complexity index is 545. The highest BCUT2D eigenvalue weighted by atomic mass is 16.6.